The number of benzene rings is 1. The lowest BCUT2D eigenvalue weighted by Gasteiger charge is -2.43. The zero-order valence-electron chi connectivity index (χ0n) is 18.0. The summed E-state index contributed by atoms with van der Waals surface area (Å²) in [4.78, 5) is 44.3. The number of para-hydroxylation sites is 1. The second kappa shape index (κ2) is 8.28. The molecule has 7 heteroatoms. The van der Waals surface area contributed by atoms with Crippen LogP contribution in [0.5, 0.6) is 0 Å². The maximum Gasteiger partial charge on any atom is 0.250 e. The maximum absolute atomic E-state index is 13.6. The van der Waals surface area contributed by atoms with Gasteiger partial charge < -0.3 is 20.0 Å². The molecule has 1 saturated carbocycles. The van der Waals surface area contributed by atoms with Crippen LogP contribution in [0.25, 0.3) is 0 Å². The van der Waals surface area contributed by atoms with Crippen LogP contribution in [-0.2, 0) is 14.4 Å². The molecule has 30 heavy (non-hydrogen) atoms. The first kappa shape index (κ1) is 20.7. The van der Waals surface area contributed by atoms with Gasteiger partial charge in [-0.2, -0.15) is 0 Å². The van der Waals surface area contributed by atoms with Crippen molar-refractivity contribution in [2.24, 2.45) is 5.92 Å². The third-order valence-electron chi connectivity index (χ3n) is 6.77. The largest absolute Gasteiger partial charge is 0.352 e. The van der Waals surface area contributed by atoms with Crippen LogP contribution >= 0.6 is 0 Å². The van der Waals surface area contributed by atoms with Crippen molar-refractivity contribution >= 4 is 23.4 Å². The smallest absolute Gasteiger partial charge is 0.250 e. The van der Waals surface area contributed by atoms with Crippen LogP contribution in [0.2, 0.25) is 0 Å². The van der Waals surface area contributed by atoms with Gasteiger partial charge in [0.05, 0.1) is 6.67 Å². The summed E-state index contributed by atoms with van der Waals surface area (Å²) in [6.07, 6.45) is 4.04. The Kier molecular flexibility index (Phi) is 5.71. The topological polar surface area (TPSA) is 73.0 Å². The number of hydrogen-bond donors (Lipinski definition) is 1. The first-order chi connectivity index (χ1) is 14.4. The van der Waals surface area contributed by atoms with Gasteiger partial charge in [0.2, 0.25) is 11.8 Å². The predicted molar refractivity (Wildman–Crippen MR) is 115 cm³/mol. The Morgan fingerprint density at radius 1 is 1.17 bits per heavy atom. The monoisotopic (exact) mass is 412 g/mol. The van der Waals surface area contributed by atoms with Crippen molar-refractivity contribution in [3.05, 3.63) is 30.3 Å². The number of hydrogen-bond acceptors (Lipinski definition) is 4. The normalized spacial score (nSPS) is 21.8. The lowest BCUT2D eigenvalue weighted by Crippen LogP contribution is -2.57. The quantitative estimate of drug-likeness (QED) is 0.776. The highest BCUT2D eigenvalue weighted by Gasteiger charge is 2.54. The molecule has 0 unspecified atom stereocenters. The van der Waals surface area contributed by atoms with Gasteiger partial charge in [-0.3, -0.25) is 14.4 Å². The fourth-order valence-corrected chi connectivity index (χ4v) is 4.60. The molecule has 7 nitrogen and oxygen atoms in total. The molecule has 4 rings (SSSR count). The van der Waals surface area contributed by atoms with Crippen molar-refractivity contribution in [3.63, 3.8) is 0 Å². The van der Waals surface area contributed by atoms with Crippen molar-refractivity contribution in [1.82, 2.24) is 15.1 Å². The van der Waals surface area contributed by atoms with E-state index in [9.17, 15) is 14.4 Å². The minimum atomic E-state index is -0.682. The number of rotatable bonds is 6. The van der Waals surface area contributed by atoms with Gasteiger partial charge in [0.1, 0.15) is 12.1 Å². The number of piperidine rings is 1. The second-order valence-corrected chi connectivity index (χ2v) is 8.92. The van der Waals surface area contributed by atoms with E-state index in [2.05, 4.69) is 10.2 Å². The van der Waals surface area contributed by atoms with Crippen LogP contribution in [0.3, 0.4) is 0 Å². The molecule has 3 fully saturated rings. The van der Waals surface area contributed by atoms with E-state index in [0.29, 0.717) is 32.6 Å². The van der Waals surface area contributed by atoms with Gasteiger partial charge in [-0.1, -0.05) is 25.1 Å². The molecule has 2 heterocycles. The fourth-order valence-electron chi connectivity index (χ4n) is 4.60. The molecule has 1 N–H and O–H groups in total. The van der Waals surface area contributed by atoms with Gasteiger partial charge >= 0.3 is 0 Å². The number of nitrogens with zero attached hydrogens (tertiary/aromatic N) is 3. The zero-order chi connectivity index (χ0) is 21.3. The molecule has 2 aliphatic heterocycles. The van der Waals surface area contributed by atoms with Crippen molar-refractivity contribution in [2.75, 3.05) is 31.2 Å². The molecule has 1 aromatic rings. The van der Waals surface area contributed by atoms with Crippen LogP contribution in [-0.4, -0.2) is 65.4 Å². The lowest BCUT2D eigenvalue weighted by molar-refractivity contribution is -0.140. The van der Waals surface area contributed by atoms with E-state index in [4.69, 9.17) is 0 Å². The molecule has 162 valence electrons. The molecule has 1 atom stereocenters. The molecule has 0 radical (unpaired) electrons. The van der Waals surface area contributed by atoms with Crippen molar-refractivity contribution < 1.29 is 14.4 Å². The second-order valence-electron chi connectivity index (χ2n) is 8.92. The summed E-state index contributed by atoms with van der Waals surface area (Å²) >= 11 is 0. The zero-order valence-corrected chi connectivity index (χ0v) is 18.0. The van der Waals surface area contributed by atoms with Gasteiger partial charge in [-0.05, 0) is 51.2 Å². The molecule has 3 aliphatic rings. The number of carbonyl (C=O) groups excluding carboxylic acids is 3. The summed E-state index contributed by atoms with van der Waals surface area (Å²) in [5.74, 6) is 0.323. The minimum Gasteiger partial charge on any atom is -0.352 e. The average molecular weight is 413 g/mol. The first-order valence-corrected chi connectivity index (χ1v) is 11.1. The van der Waals surface area contributed by atoms with Gasteiger partial charge in [-0.15, -0.1) is 0 Å². The average Bonchev–Trinajstić information content (AvgIpc) is 3.58. The van der Waals surface area contributed by atoms with Crippen molar-refractivity contribution in [2.45, 2.75) is 57.5 Å². The van der Waals surface area contributed by atoms with Crippen LogP contribution in [0.4, 0.5) is 5.69 Å². The number of anilines is 1. The molecule has 1 spiro atoms. The molecular weight excluding hydrogens is 380 g/mol. The Labute approximate surface area is 178 Å². The standard InChI is InChI=1S/C23H32N4O3/c1-3-17(2)24-20(28)15-26-16-27(19-7-5-4-6-8-19)23(22(26)30)11-13-25(14-12-23)21(29)18-9-10-18/h4-8,17-18H,3,9-16H2,1-2H3,(H,24,28)/t17-/m1/s1. The number of amides is 3. The third kappa shape index (κ3) is 3.89. The van der Waals surface area contributed by atoms with Crippen molar-refractivity contribution in [3.8, 4) is 0 Å². The Morgan fingerprint density at radius 2 is 1.83 bits per heavy atom. The van der Waals surface area contributed by atoms with Crippen LogP contribution < -0.4 is 10.2 Å². The molecule has 3 amide bonds. The van der Waals surface area contributed by atoms with Crippen LogP contribution in [0, 0.1) is 5.92 Å². The Balaban J connectivity index is 1.53. The van der Waals surface area contributed by atoms with Gasteiger partial charge in [0, 0.05) is 30.7 Å². The van der Waals surface area contributed by atoms with Crippen LogP contribution in [0.1, 0.15) is 46.0 Å². The summed E-state index contributed by atoms with van der Waals surface area (Å²) in [7, 11) is 0. The molecule has 1 aromatic carbocycles. The number of likely N-dealkylation sites (tertiary alicyclic amines) is 1. The Bertz CT molecular complexity index is 800. The van der Waals surface area contributed by atoms with Crippen molar-refractivity contribution in [1.29, 1.82) is 0 Å². The summed E-state index contributed by atoms with van der Waals surface area (Å²) in [6.45, 7) is 5.64. The summed E-state index contributed by atoms with van der Waals surface area (Å²) in [6, 6.07) is 10.0. The summed E-state index contributed by atoms with van der Waals surface area (Å²) < 4.78 is 0. The number of carbonyl (C=O) groups is 3. The van der Waals surface area contributed by atoms with E-state index in [1.165, 1.54) is 0 Å². The third-order valence-corrected chi connectivity index (χ3v) is 6.77. The Morgan fingerprint density at radius 3 is 2.43 bits per heavy atom. The highest BCUT2D eigenvalue weighted by molar-refractivity contribution is 5.96. The predicted octanol–water partition coefficient (Wildman–Crippen LogP) is 1.98. The molecule has 2 saturated heterocycles. The summed E-state index contributed by atoms with van der Waals surface area (Å²) in [5, 5.41) is 2.96. The number of nitrogens with one attached hydrogen (secondary N) is 1. The van der Waals surface area contributed by atoms with E-state index in [1.54, 1.807) is 4.90 Å². The van der Waals surface area contributed by atoms with Gasteiger partial charge in [0.25, 0.3) is 5.91 Å². The molecular formula is C23H32N4O3. The molecule has 0 aromatic heterocycles. The lowest BCUT2D eigenvalue weighted by atomic mass is 9.85. The van der Waals surface area contributed by atoms with E-state index < -0.39 is 5.54 Å². The highest BCUT2D eigenvalue weighted by Crippen LogP contribution is 2.40. The van der Waals surface area contributed by atoms with Crippen LogP contribution in [0.15, 0.2) is 30.3 Å². The molecule has 0 bridgehead atoms. The minimum absolute atomic E-state index is 0.00387. The van der Waals surface area contributed by atoms with E-state index in [0.717, 1.165) is 24.9 Å². The van der Waals surface area contributed by atoms with E-state index >= 15 is 0 Å². The van der Waals surface area contributed by atoms with Gasteiger partial charge in [-0.25, -0.2) is 0 Å². The van der Waals surface area contributed by atoms with E-state index in [-0.39, 0.29) is 36.2 Å². The van der Waals surface area contributed by atoms with Gasteiger partial charge in [0.15, 0.2) is 0 Å². The SMILES string of the molecule is CC[C@@H](C)NC(=O)CN1CN(c2ccccc2)C2(CCN(C(=O)C3CC3)CC2)C1=O. The van der Waals surface area contributed by atoms with E-state index in [1.807, 2.05) is 49.1 Å². The Hall–Kier alpha value is -2.57. The fraction of sp³-hybridized carbons (Fsp3) is 0.609. The molecule has 1 aliphatic carbocycles. The maximum atomic E-state index is 13.6. The first-order valence-electron chi connectivity index (χ1n) is 11.1. The highest BCUT2D eigenvalue weighted by atomic mass is 16.2. The summed E-state index contributed by atoms with van der Waals surface area (Å²) in [5.41, 5.74) is 0.302.